The molecule has 0 amide bonds. The van der Waals surface area contributed by atoms with Crippen LogP contribution in [0.1, 0.15) is 64.0 Å². The molecule has 22 heavy (non-hydrogen) atoms. The first kappa shape index (κ1) is 16.8. The van der Waals surface area contributed by atoms with Crippen molar-refractivity contribution in [3.8, 4) is 0 Å². The molecule has 0 spiro atoms. The molecule has 0 aliphatic rings. The van der Waals surface area contributed by atoms with Gasteiger partial charge in [0.2, 0.25) is 0 Å². The van der Waals surface area contributed by atoms with Crippen LogP contribution in [-0.4, -0.2) is 9.55 Å². The molecule has 2 unspecified atom stereocenters. The van der Waals surface area contributed by atoms with Crippen LogP contribution in [0.4, 0.5) is 0 Å². The Morgan fingerprint density at radius 2 is 1.82 bits per heavy atom. The number of nitrogens with zero attached hydrogens (tertiary/aromatic N) is 2. The highest BCUT2D eigenvalue weighted by Gasteiger charge is 2.22. The quantitative estimate of drug-likeness (QED) is 0.517. The highest BCUT2D eigenvalue weighted by Crippen LogP contribution is 2.31. The van der Waals surface area contributed by atoms with E-state index in [1.807, 2.05) is 12.5 Å². The second kappa shape index (κ2) is 9.45. The van der Waals surface area contributed by atoms with Crippen LogP contribution in [-0.2, 0) is 6.42 Å². The van der Waals surface area contributed by atoms with Crippen LogP contribution < -0.4 is 0 Å². The van der Waals surface area contributed by atoms with E-state index in [2.05, 4.69) is 59.9 Å². The lowest BCUT2D eigenvalue weighted by molar-refractivity contribution is 0.281. The summed E-state index contributed by atoms with van der Waals surface area (Å²) >= 11 is 0. The summed E-state index contributed by atoms with van der Waals surface area (Å²) < 4.78 is 2.35. The molecule has 2 heteroatoms. The molecule has 0 fully saturated rings. The third-order valence-corrected chi connectivity index (χ3v) is 4.56. The van der Waals surface area contributed by atoms with Crippen molar-refractivity contribution in [3.63, 3.8) is 0 Å². The maximum absolute atomic E-state index is 4.28. The monoisotopic (exact) mass is 298 g/mol. The summed E-state index contributed by atoms with van der Waals surface area (Å²) in [5, 5.41) is 0. The van der Waals surface area contributed by atoms with Crippen LogP contribution in [0.25, 0.3) is 0 Å². The van der Waals surface area contributed by atoms with Gasteiger partial charge in [0, 0.05) is 18.4 Å². The van der Waals surface area contributed by atoms with Gasteiger partial charge in [-0.2, -0.15) is 0 Å². The minimum atomic E-state index is 0.578. The molecule has 0 saturated heterocycles. The Balaban J connectivity index is 2.12. The van der Waals surface area contributed by atoms with Crippen molar-refractivity contribution >= 4 is 0 Å². The number of imidazole rings is 1. The number of unbranched alkanes of at least 4 members (excludes halogenated alkanes) is 2. The van der Waals surface area contributed by atoms with E-state index in [9.17, 15) is 0 Å². The molecule has 2 atom stereocenters. The number of rotatable bonds is 10. The van der Waals surface area contributed by atoms with Crippen LogP contribution in [0.5, 0.6) is 0 Å². The molecule has 2 nitrogen and oxygen atoms in total. The number of benzene rings is 1. The summed E-state index contributed by atoms with van der Waals surface area (Å²) in [6, 6.07) is 11.5. The van der Waals surface area contributed by atoms with Gasteiger partial charge in [0.15, 0.2) is 0 Å². The van der Waals surface area contributed by atoms with E-state index in [1.54, 1.807) is 0 Å². The fourth-order valence-electron chi connectivity index (χ4n) is 3.42. The van der Waals surface area contributed by atoms with Gasteiger partial charge in [-0.1, -0.05) is 69.9 Å². The summed E-state index contributed by atoms with van der Waals surface area (Å²) in [5.41, 5.74) is 1.46. The van der Waals surface area contributed by atoms with E-state index in [0.717, 1.165) is 0 Å². The van der Waals surface area contributed by atoms with Gasteiger partial charge < -0.3 is 4.57 Å². The lowest BCUT2D eigenvalue weighted by Crippen LogP contribution is -2.21. The minimum absolute atomic E-state index is 0.578. The van der Waals surface area contributed by atoms with Crippen molar-refractivity contribution < 1.29 is 0 Å². The third-order valence-electron chi connectivity index (χ3n) is 4.56. The van der Waals surface area contributed by atoms with Gasteiger partial charge in [0.25, 0.3) is 0 Å². The van der Waals surface area contributed by atoms with Crippen molar-refractivity contribution in [2.24, 2.45) is 5.92 Å². The molecule has 2 rings (SSSR count). The van der Waals surface area contributed by atoms with Gasteiger partial charge in [-0.05, 0) is 30.7 Å². The lowest BCUT2D eigenvalue weighted by atomic mass is 9.85. The summed E-state index contributed by atoms with van der Waals surface area (Å²) in [5.74, 6) is 0.693. The first-order chi connectivity index (χ1) is 10.8. The summed E-state index contributed by atoms with van der Waals surface area (Å²) in [6.45, 7) is 4.58. The Morgan fingerprint density at radius 1 is 1.00 bits per heavy atom. The Bertz CT molecular complexity index is 490. The van der Waals surface area contributed by atoms with Crippen molar-refractivity contribution in [1.82, 2.24) is 9.55 Å². The fourth-order valence-corrected chi connectivity index (χ4v) is 3.42. The molecule has 1 aromatic heterocycles. The highest BCUT2D eigenvalue weighted by atomic mass is 15.1. The van der Waals surface area contributed by atoms with Crippen LogP contribution in [0.3, 0.4) is 0 Å². The van der Waals surface area contributed by atoms with Crippen LogP contribution in [0.2, 0.25) is 0 Å². The zero-order chi connectivity index (χ0) is 15.6. The van der Waals surface area contributed by atoms with Crippen LogP contribution >= 0.6 is 0 Å². The predicted molar refractivity (Wildman–Crippen MR) is 94.0 cm³/mol. The normalized spacial score (nSPS) is 13.9. The lowest BCUT2D eigenvalue weighted by Gasteiger charge is -2.28. The molecule has 0 aliphatic heterocycles. The molecule has 0 aliphatic carbocycles. The van der Waals surface area contributed by atoms with Gasteiger partial charge in [-0.25, -0.2) is 4.98 Å². The number of aromatic nitrogens is 2. The molecule has 1 aromatic carbocycles. The molecular formula is C20H30N2. The third kappa shape index (κ3) is 5.01. The maximum Gasteiger partial charge on any atom is 0.0948 e. The van der Waals surface area contributed by atoms with E-state index in [4.69, 9.17) is 0 Å². The first-order valence-corrected chi connectivity index (χ1v) is 8.86. The number of hydrogen-bond acceptors (Lipinski definition) is 1. The average molecular weight is 298 g/mol. The summed E-state index contributed by atoms with van der Waals surface area (Å²) in [7, 11) is 0. The zero-order valence-electron chi connectivity index (χ0n) is 14.1. The SMILES string of the molecule is CCCCCC(C(CCC)Cc1ccccc1)n1ccnc1. The van der Waals surface area contributed by atoms with Gasteiger partial charge in [0.05, 0.1) is 6.33 Å². The zero-order valence-corrected chi connectivity index (χ0v) is 14.1. The number of hydrogen-bond donors (Lipinski definition) is 0. The van der Waals surface area contributed by atoms with Crippen molar-refractivity contribution in [3.05, 3.63) is 54.6 Å². The highest BCUT2D eigenvalue weighted by molar-refractivity contribution is 5.15. The molecule has 120 valence electrons. The van der Waals surface area contributed by atoms with E-state index in [1.165, 1.54) is 50.5 Å². The second-order valence-electron chi connectivity index (χ2n) is 6.31. The fraction of sp³-hybridized carbons (Fsp3) is 0.550. The minimum Gasteiger partial charge on any atom is -0.334 e. The van der Waals surface area contributed by atoms with Crippen molar-refractivity contribution in [1.29, 1.82) is 0 Å². The summed E-state index contributed by atoms with van der Waals surface area (Å²) in [6.07, 6.45) is 15.0. The Labute approximate surface area is 135 Å². The molecule has 0 radical (unpaired) electrons. The molecule has 2 aromatic rings. The molecule has 0 saturated carbocycles. The predicted octanol–water partition coefficient (Wildman–Crippen LogP) is 5.66. The molecule has 0 N–H and O–H groups in total. The van der Waals surface area contributed by atoms with Crippen LogP contribution in [0, 0.1) is 5.92 Å². The standard InChI is InChI=1S/C20H30N2/c1-3-5-7-13-20(22-15-14-21-17-22)19(10-4-2)16-18-11-8-6-9-12-18/h6,8-9,11-12,14-15,17,19-20H,3-5,7,10,13,16H2,1-2H3. The van der Waals surface area contributed by atoms with E-state index >= 15 is 0 Å². The van der Waals surface area contributed by atoms with E-state index < -0.39 is 0 Å². The van der Waals surface area contributed by atoms with Gasteiger partial charge in [-0.15, -0.1) is 0 Å². The van der Waals surface area contributed by atoms with E-state index in [-0.39, 0.29) is 0 Å². The van der Waals surface area contributed by atoms with Crippen molar-refractivity contribution in [2.75, 3.05) is 0 Å². The van der Waals surface area contributed by atoms with Gasteiger partial charge in [0.1, 0.15) is 0 Å². The Morgan fingerprint density at radius 3 is 2.45 bits per heavy atom. The van der Waals surface area contributed by atoms with Crippen LogP contribution in [0.15, 0.2) is 49.1 Å². The summed E-state index contributed by atoms with van der Waals surface area (Å²) in [4.78, 5) is 4.28. The van der Waals surface area contributed by atoms with Gasteiger partial charge >= 0.3 is 0 Å². The maximum atomic E-state index is 4.28. The Hall–Kier alpha value is -1.57. The van der Waals surface area contributed by atoms with E-state index in [0.29, 0.717) is 12.0 Å². The Kier molecular flexibility index (Phi) is 7.21. The van der Waals surface area contributed by atoms with Crippen molar-refractivity contribution in [2.45, 2.75) is 64.8 Å². The topological polar surface area (TPSA) is 17.8 Å². The second-order valence-corrected chi connectivity index (χ2v) is 6.31. The first-order valence-electron chi connectivity index (χ1n) is 8.86. The largest absolute Gasteiger partial charge is 0.334 e. The molecule has 1 heterocycles. The van der Waals surface area contributed by atoms with Gasteiger partial charge in [-0.3, -0.25) is 0 Å². The molecule has 0 bridgehead atoms. The molecular weight excluding hydrogens is 268 g/mol. The smallest absolute Gasteiger partial charge is 0.0948 e. The average Bonchev–Trinajstić information content (AvgIpc) is 3.06.